The Balaban J connectivity index is 2.10. The summed E-state index contributed by atoms with van der Waals surface area (Å²) >= 11 is 0. The molecule has 0 amide bonds. The molecule has 1 aromatic rings. The highest BCUT2D eigenvalue weighted by molar-refractivity contribution is 4.97. The van der Waals surface area contributed by atoms with Gasteiger partial charge in [-0.1, -0.05) is 0 Å². The second kappa shape index (κ2) is 4.53. The maximum Gasteiger partial charge on any atom is 0.117 e. The van der Waals surface area contributed by atoms with Crippen molar-refractivity contribution in [2.75, 3.05) is 6.54 Å². The van der Waals surface area contributed by atoms with Gasteiger partial charge in [-0.2, -0.15) is 5.26 Å². The summed E-state index contributed by atoms with van der Waals surface area (Å²) in [5.41, 5.74) is 0. The molecule has 1 N–H and O–H groups in total. The molecule has 58 valence electrons. The predicted molar refractivity (Wildman–Crippen MR) is 40.6 cm³/mol. The summed E-state index contributed by atoms with van der Waals surface area (Å²) in [7, 11) is 0. The van der Waals surface area contributed by atoms with Crippen molar-refractivity contribution in [1.29, 1.82) is 5.26 Å². The molecular weight excluding hydrogens is 140 g/mol. The first-order valence-electron chi connectivity index (χ1n) is 3.53. The Bertz CT molecular complexity index is 223. The molecule has 0 saturated heterocycles. The molecule has 11 heavy (non-hydrogen) atoms. The van der Waals surface area contributed by atoms with Crippen molar-refractivity contribution in [2.24, 2.45) is 0 Å². The number of nitrogens with zero attached hydrogens (tertiary/aromatic N) is 1. The molecule has 0 unspecified atom stereocenters. The van der Waals surface area contributed by atoms with Gasteiger partial charge >= 0.3 is 0 Å². The third-order valence-electron chi connectivity index (χ3n) is 1.29. The fourth-order valence-electron chi connectivity index (χ4n) is 0.769. The summed E-state index contributed by atoms with van der Waals surface area (Å²) in [4.78, 5) is 0. The van der Waals surface area contributed by atoms with E-state index in [-0.39, 0.29) is 0 Å². The van der Waals surface area contributed by atoms with E-state index in [2.05, 4.69) is 11.4 Å². The normalized spacial score (nSPS) is 9.36. The van der Waals surface area contributed by atoms with Crippen LogP contribution < -0.4 is 5.32 Å². The Morgan fingerprint density at radius 3 is 3.18 bits per heavy atom. The van der Waals surface area contributed by atoms with E-state index in [0.29, 0.717) is 13.0 Å². The van der Waals surface area contributed by atoms with Gasteiger partial charge in [0.05, 0.1) is 18.9 Å². The Labute approximate surface area is 65.6 Å². The lowest BCUT2D eigenvalue weighted by atomic mass is 10.4. The van der Waals surface area contributed by atoms with Crippen LogP contribution in [0.4, 0.5) is 0 Å². The molecule has 1 rings (SSSR count). The van der Waals surface area contributed by atoms with E-state index in [1.165, 1.54) is 0 Å². The van der Waals surface area contributed by atoms with E-state index >= 15 is 0 Å². The van der Waals surface area contributed by atoms with Crippen LogP contribution in [-0.2, 0) is 6.54 Å². The van der Waals surface area contributed by atoms with E-state index in [1.54, 1.807) is 6.26 Å². The Morgan fingerprint density at radius 1 is 1.64 bits per heavy atom. The van der Waals surface area contributed by atoms with Gasteiger partial charge in [0.25, 0.3) is 0 Å². The number of hydrogen-bond donors (Lipinski definition) is 1. The van der Waals surface area contributed by atoms with Crippen molar-refractivity contribution in [1.82, 2.24) is 5.32 Å². The van der Waals surface area contributed by atoms with Crippen LogP contribution in [0.15, 0.2) is 22.8 Å². The SMILES string of the molecule is N#CCCNCc1ccco1. The van der Waals surface area contributed by atoms with Crippen molar-refractivity contribution in [3.63, 3.8) is 0 Å². The van der Waals surface area contributed by atoms with Crippen LogP contribution in [-0.4, -0.2) is 6.54 Å². The zero-order valence-corrected chi connectivity index (χ0v) is 6.21. The van der Waals surface area contributed by atoms with Gasteiger partial charge in [0.15, 0.2) is 0 Å². The van der Waals surface area contributed by atoms with Crippen LogP contribution in [0.2, 0.25) is 0 Å². The van der Waals surface area contributed by atoms with E-state index in [1.807, 2.05) is 12.1 Å². The molecule has 1 heterocycles. The zero-order chi connectivity index (χ0) is 7.94. The molecule has 0 radical (unpaired) electrons. The second-order valence-electron chi connectivity index (χ2n) is 2.16. The van der Waals surface area contributed by atoms with E-state index in [0.717, 1.165) is 12.3 Å². The molecule has 0 fully saturated rings. The number of furan rings is 1. The largest absolute Gasteiger partial charge is 0.468 e. The number of hydrogen-bond acceptors (Lipinski definition) is 3. The third kappa shape index (κ3) is 2.87. The van der Waals surface area contributed by atoms with Gasteiger partial charge in [-0.25, -0.2) is 0 Å². The topological polar surface area (TPSA) is 49.0 Å². The molecule has 0 spiro atoms. The molecule has 3 nitrogen and oxygen atoms in total. The van der Waals surface area contributed by atoms with Crippen LogP contribution in [0.5, 0.6) is 0 Å². The summed E-state index contributed by atoms with van der Waals surface area (Å²) in [6.45, 7) is 1.42. The average Bonchev–Trinajstić information content (AvgIpc) is 2.50. The molecule has 0 bridgehead atoms. The minimum absolute atomic E-state index is 0.542. The van der Waals surface area contributed by atoms with Gasteiger partial charge in [-0.3, -0.25) is 0 Å². The minimum Gasteiger partial charge on any atom is -0.468 e. The summed E-state index contributed by atoms with van der Waals surface area (Å²) in [6.07, 6.45) is 2.18. The lowest BCUT2D eigenvalue weighted by Crippen LogP contribution is -2.13. The minimum atomic E-state index is 0.542. The summed E-state index contributed by atoms with van der Waals surface area (Å²) < 4.78 is 5.07. The highest BCUT2D eigenvalue weighted by Gasteiger charge is 1.92. The van der Waals surface area contributed by atoms with Gasteiger partial charge in [0.1, 0.15) is 5.76 Å². The second-order valence-corrected chi connectivity index (χ2v) is 2.16. The molecular formula is C8H10N2O. The van der Waals surface area contributed by atoms with E-state index in [4.69, 9.17) is 9.68 Å². The maximum absolute atomic E-state index is 8.21. The molecule has 3 heteroatoms. The molecule has 0 aliphatic heterocycles. The van der Waals surface area contributed by atoms with Crippen molar-refractivity contribution in [2.45, 2.75) is 13.0 Å². The standard InChI is InChI=1S/C8H10N2O/c9-4-2-5-10-7-8-3-1-6-11-8/h1,3,6,10H,2,5,7H2. The zero-order valence-electron chi connectivity index (χ0n) is 6.21. The Morgan fingerprint density at radius 2 is 2.55 bits per heavy atom. The summed E-state index contributed by atoms with van der Waals surface area (Å²) in [5.74, 6) is 0.905. The summed E-state index contributed by atoms with van der Waals surface area (Å²) in [5, 5.41) is 11.3. The quantitative estimate of drug-likeness (QED) is 0.658. The van der Waals surface area contributed by atoms with Gasteiger partial charge < -0.3 is 9.73 Å². The number of nitrogens with one attached hydrogen (secondary N) is 1. The van der Waals surface area contributed by atoms with E-state index in [9.17, 15) is 0 Å². The Kier molecular flexibility index (Phi) is 3.23. The van der Waals surface area contributed by atoms with Crippen molar-refractivity contribution >= 4 is 0 Å². The van der Waals surface area contributed by atoms with Gasteiger partial charge in [-0.05, 0) is 12.1 Å². The van der Waals surface area contributed by atoms with Gasteiger partial charge in [-0.15, -0.1) is 0 Å². The van der Waals surface area contributed by atoms with Crippen LogP contribution >= 0.6 is 0 Å². The first kappa shape index (κ1) is 7.83. The van der Waals surface area contributed by atoms with E-state index < -0.39 is 0 Å². The lowest BCUT2D eigenvalue weighted by Gasteiger charge is -1.96. The highest BCUT2D eigenvalue weighted by Crippen LogP contribution is 1.97. The Hall–Kier alpha value is -1.27. The average molecular weight is 150 g/mol. The smallest absolute Gasteiger partial charge is 0.117 e. The number of rotatable bonds is 4. The molecule has 0 saturated carbocycles. The first-order valence-corrected chi connectivity index (χ1v) is 3.53. The fraction of sp³-hybridized carbons (Fsp3) is 0.375. The maximum atomic E-state index is 8.21. The first-order chi connectivity index (χ1) is 5.43. The highest BCUT2D eigenvalue weighted by atomic mass is 16.3. The van der Waals surface area contributed by atoms with Crippen LogP contribution in [0.1, 0.15) is 12.2 Å². The van der Waals surface area contributed by atoms with Crippen LogP contribution in [0.3, 0.4) is 0 Å². The van der Waals surface area contributed by atoms with Gasteiger partial charge in [0.2, 0.25) is 0 Å². The molecule has 0 aliphatic carbocycles. The van der Waals surface area contributed by atoms with Gasteiger partial charge in [0, 0.05) is 13.0 Å². The molecule has 0 aromatic carbocycles. The fourth-order valence-corrected chi connectivity index (χ4v) is 0.769. The molecule has 1 aromatic heterocycles. The van der Waals surface area contributed by atoms with Crippen LogP contribution in [0, 0.1) is 11.3 Å². The lowest BCUT2D eigenvalue weighted by molar-refractivity contribution is 0.485. The molecule has 0 atom stereocenters. The van der Waals surface area contributed by atoms with Crippen molar-refractivity contribution in [3.05, 3.63) is 24.2 Å². The van der Waals surface area contributed by atoms with Crippen LogP contribution in [0.25, 0.3) is 0 Å². The monoisotopic (exact) mass is 150 g/mol. The van der Waals surface area contributed by atoms with Crippen molar-refractivity contribution < 1.29 is 4.42 Å². The number of nitriles is 1. The third-order valence-corrected chi connectivity index (χ3v) is 1.29. The predicted octanol–water partition coefficient (Wildman–Crippen LogP) is 1.28. The summed E-state index contributed by atoms with van der Waals surface area (Å²) in [6, 6.07) is 5.81. The molecule has 0 aliphatic rings. The van der Waals surface area contributed by atoms with Crippen molar-refractivity contribution in [3.8, 4) is 6.07 Å².